The molecule has 0 aromatic heterocycles. The molecule has 0 saturated heterocycles. The summed E-state index contributed by atoms with van der Waals surface area (Å²) in [6.07, 6.45) is 5.39. The minimum Gasteiger partial charge on any atom is -0.113 e. The summed E-state index contributed by atoms with van der Waals surface area (Å²) in [5.74, 6) is 12.5. The summed E-state index contributed by atoms with van der Waals surface area (Å²) in [6.45, 7) is 0. The van der Waals surface area contributed by atoms with Crippen LogP contribution < -0.4 is 0 Å². The van der Waals surface area contributed by atoms with Crippen molar-refractivity contribution in [2.75, 3.05) is 11.8 Å². The van der Waals surface area contributed by atoms with E-state index in [-0.39, 0.29) is 0 Å². The highest BCUT2D eigenvalue weighted by molar-refractivity contribution is 6.19. The molecule has 0 aromatic carbocycles. The third kappa shape index (κ3) is 11.7. The monoisotopic (exact) mass is 216 g/mol. The quantitative estimate of drug-likeness (QED) is 0.384. The van der Waals surface area contributed by atoms with Crippen LogP contribution in [0.1, 0.15) is 32.1 Å². The third-order valence-electron chi connectivity index (χ3n) is 1.49. The molecular formula is C11H14Cl2. The molecule has 0 aliphatic heterocycles. The summed E-state index contributed by atoms with van der Waals surface area (Å²) in [7, 11) is 0. The van der Waals surface area contributed by atoms with Gasteiger partial charge in [0.2, 0.25) is 0 Å². The fraction of sp³-hybridized carbons (Fsp3) is 0.636. The Bertz CT molecular complexity index is 188. The summed E-state index contributed by atoms with van der Waals surface area (Å²) < 4.78 is 0. The van der Waals surface area contributed by atoms with Crippen molar-refractivity contribution in [3.05, 3.63) is 0 Å². The van der Waals surface area contributed by atoms with Crippen LogP contribution in [0, 0.1) is 23.7 Å². The van der Waals surface area contributed by atoms with Crippen LogP contribution in [0.4, 0.5) is 0 Å². The Morgan fingerprint density at radius 1 is 0.615 bits per heavy atom. The van der Waals surface area contributed by atoms with E-state index in [1.54, 1.807) is 0 Å². The van der Waals surface area contributed by atoms with Crippen LogP contribution >= 0.6 is 23.2 Å². The van der Waals surface area contributed by atoms with E-state index in [9.17, 15) is 0 Å². The Morgan fingerprint density at radius 3 is 1.46 bits per heavy atom. The van der Waals surface area contributed by atoms with Crippen molar-refractivity contribution in [3.8, 4) is 23.7 Å². The Morgan fingerprint density at radius 2 is 1.08 bits per heavy atom. The predicted octanol–water partition coefficient (Wildman–Crippen LogP) is 3.42. The Balaban J connectivity index is 3.08. The van der Waals surface area contributed by atoms with Gasteiger partial charge in [-0.3, -0.25) is 0 Å². The number of hydrogen-bond acceptors (Lipinski definition) is 0. The molecule has 0 rings (SSSR count). The average molecular weight is 217 g/mol. The molecule has 0 atom stereocenters. The molecule has 0 spiro atoms. The van der Waals surface area contributed by atoms with E-state index >= 15 is 0 Å². The second-order valence-electron chi connectivity index (χ2n) is 2.54. The van der Waals surface area contributed by atoms with Gasteiger partial charge in [0.05, 0.1) is 11.8 Å². The van der Waals surface area contributed by atoms with E-state index in [1.165, 1.54) is 6.42 Å². The SMILES string of the molecule is ClCC#CCCCCCC#CCCl. The molecule has 2 heteroatoms. The molecular weight excluding hydrogens is 203 g/mol. The largest absolute Gasteiger partial charge is 0.113 e. The van der Waals surface area contributed by atoms with E-state index in [2.05, 4.69) is 23.7 Å². The van der Waals surface area contributed by atoms with Gasteiger partial charge in [-0.05, 0) is 12.8 Å². The third-order valence-corrected chi connectivity index (χ3v) is 1.75. The molecule has 0 heterocycles. The highest BCUT2D eigenvalue weighted by atomic mass is 35.5. The molecule has 0 nitrogen and oxygen atoms in total. The predicted molar refractivity (Wildman–Crippen MR) is 60.1 cm³/mol. The summed E-state index contributed by atoms with van der Waals surface area (Å²) in [5.41, 5.74) is 0. The van der Waals surface area contributed by atoms with Crippen LogP contribution in [0.5, 0.6) is 0 Å². The number of alkyl halides is 2. The lowest BCUT2D eigenvalue weighted by atomic mass is 10.1. The van der Waals surface area contributed by atoms with Gasteiger partial charge in [0.15, 0.2) is 0 Å². The van der Waals surface area contributed by atoms with E-state index in [0.29, 0.717) is 11.8 Å². The van der Waals surface area contributed by atoms with Crippen LogP contribution in [0.25, 0.3) is 0 Å². The van der Waals surface area contributed by atoms with Crippen molar-refractivity contribution in [1.82, 2.24) is 0 Å². The lowest BCUT2D eigenvalue weighted by molar-refractivity contribution is 0.709. The van der Waals surface area contributed by atoms with E-state index in [4.69, 9.17) is 23.2 Å². The van der Waals surface area contributed by atoms with Crippen molar-refractivity contribution in [2.24, 2.45) is 0 Å². The lowest BCUT2D eigenvalue weighted by Crippen LogP contribution is -1.76. The van der Waals surface area contributed by atoms with Gasteiger partial charge in [0.1, 0.15) is 0 Å². The van der Waals surface area contributed by atoms with Gasteiger partial charge in [0.25, 0.3) is 0 Å². The van der Waals surface area contributed by atoms with Gasteiger partial charge >= 0.3 is 0 Å². The Hall–Kier alpha value is -0.300. The van der Waals surface area contributed by atoms with Crippen molar-refractivity contribution < 1.29 is 0 Å². The van der Waals surface area contributed by atoms with Gasteiger partial charge in [-0.15, -0.1) is 35.0 Å². The zero-order valence-electron chi connectivity index (χ0n) is 7.71. The van der Waals surface area contributed by atoms with Gasteiger partial charge in [-0.25, -0.2) is 0 Å². The maximum atomic E-state index is 5.39. The Labute approximate surface area is 91.0 Å². The van der Waals surface area contributed by atoms with Crippen molar-refractivity contribution in [3.63, 3.8) is 0 Å². The van der Waals surface area contributed by atoms with Crippen molar-refractivity contribution in [2.45, 2.75) is 32.1 Å². The van der Waals surface area contributed by atoms with Crippen molar-refractivity contribution >= 4 is 23.2 Å². The molecule has 0 aliphatic carbocycles. The zero-order valence-corrected chi connectivity index (χ0v) is 9.22. The van der Waals surface area contributed by atoms with E-state index in [0.717, 1.165) is 25.7 Å². The summed E-state index contributed by atoms with van der Waals surface area (Å²) in [5, 5.41) is 0. The smallest absolute Gasteiger partial charge is 0.0835 e. The maximum Gasteiger partial charge on any atom is 0.0835 e. The van der Waals surface area contributed by atoms with E-state index < -0.39 is 0 Å². The fourth-order valence-corrected chi connectivity index (χ4v) is 1.06. The first-order chi connectivity index (χ1) is 6.41. The highest BCUT2D eigenvalue weighted by Crippen LogP contribution is 2.01. The molecule has 0 radical (unpaired) electrons. The minimum absolute atomic E-state index is 0.446. The summed E-state index contributed by atoms with van der Waals surface area (Å²) in [4.78, 5) is 0. The molecule has 0 fully saturated rings. The molecule has 13 heavy (non-hydrogen) atoms. The normalized spacial score (nSPS) is 8.15. The average Bonchev–Trinajstić information content (AvgIpc) is 2.16. The molecule has 0 aromatic rings. The van der Waals surface area contributed by atoms with Gasteiger partial charge in [-0.1, -0.05) is 18.3 Å². The lowest BCUT2D eigenvalue weighted by Gasteiger charge is -1.91. The number of hydrogen-bond donors (Lipinski definition) is 0. The second-order valence-corrected chi connectivity index (χ2v) is 3.07. The second kappa shape index (κ2) is 11.7. The van der Waals surface area contributed by atoms with Gasteiger partial charge in [-0.2, -0.15) is 0 Å². The van der Waals surface area contributed by atoms with Crippen molar-refractivity contribution in [1.29, 1.82) is 0 Å². The van der Waals surface area contributed by atoms with Crippen LogP contribution in [-0.2, 0) is 0 Å². The molecule has 72 valence electrons. The van der Waals surface area contributed by atoms with Crippen LogP contribution in [0.15, 0.2) is 0 Å². The topological polar surface area (TPSA) is 0 Å². The first kappa shape index (κ1) is 12.7. The number of halogens is 2. The van der Waals surface area contributed by atoms with Gasteiger partial charge in [0, 0.05) is 12.8 Å². The first-order valence-corrected chi connectivity index (χ1v) is 5.52. The number of unbranched alkanes of at least 4 members (excludes halogenated alkanes) is 4. The fourth-order valence-electron chi connectivity index (χ4n) is 0.875. The summed E-state index contributed by atoms with van der Waals surface area (Å²) >= 11 is 10.8. The van der Waals surface area contributed by atoms with E-state index in [1.807, 2.05) is 0 Å². The molecule has 0 amide bonds. The first-order valence-electron chi connectivity index (χ1n) is 4.45. The highest BCUT2D eigenvalue weighted by Gasteiger charge is 1.84. The molecule has 0 aliphatic rings. The Kier molecular flexibility index (Phi) is 11.4. The maximum absolute atomic E-state index is 5.39. The molecule has 0 bridgehead atoms. The van der Waals surface area contributed by atoms with Crippen LogP contribution in [-0.4, -0.2) is 11.8 Å². The molecule has 0 unspecified atom stereocenters. The number of rotatable bonds is 4. The molecule has 0 saturated carbocycles. The zero-order chi connectivity index (χ0) is 9.78. The standard InChI is InChI=1S/C11H14Cl2/c12-10-8-6-4-2-1-3-5-7-9-11-13/h1-5,10-11H2. The molecule has 0 N–H and O–H groups in total. The minimum atomic E-state index is 0.446. The van der Waals surface area contributed by atoms with Crippen LogP contribution in [0.3, 0.4) is 0 Å². The van der Waals surface area contributed by atoms with Gasteiger partial charge < -0.3 is 0 Å². The summed E-state index contributed by atoms with van der Waals surface area (Å²) in [6, 6.07) is 0. The van der Waals surface area contributed by atoms with Crippen LogP contribution in [0.2, 0.25) is 0 Å².